The van der Waals surface area contributed by atoms with E-state index < -0.39 is 30.8 Å². The van der Waals surface area contributed by atoms with Crippen LogP contribution in [0.25, 0.3) is 0 Å². The maximum atomic E-state index is 12.1. The van der Waals surface area contributed by atoms with E-state index in [-0.39, 0.29) is 22.2 Å². The van der Waals surface area contributed by atoms with Crippen LogP contribution in [0.15, 0.2) is 42.5 Å². The summed E-state index contributed by atoms with van der Waals surface area (Å²) in [4.78, 5) is 22.2. The van der Waals surface area contributed by atoms with Crippen molar-refractivity contribution in [2.75, 3.05) is 0 Å². The highest BCUT2D eigenvalue weighted by Gasteiger charge is 2.21. The predicted octanol–water partition coefficient (Wildman–Crippen LogP) is -1.83. The van der Waals surface area contributed by atoms with Gasteiger partial charge in [0.05, 0.1) is 10.5 Å². The van der Waals surface area contributed by atoms with Gasteiger partial charge in [-0.1, -0.05) is 12.1 Å². The molecule has 0 spiro atoms. The number of non-ortho nitro benzene ring substituents is 1. The van der Waals surface area contributed by atoms with Gasteiger partial charge in [0, 0.05) is 12.1 Å². The van der Waals surface area contributed by atoms with E-state index in [0.29, 0.717) is 0 Å². The van der Waals surface area contributed by atoms with E-state index in [4.69, 9.17) is 24.8 Å². The van der Waals surface area contributed by atoms with Crippen LogP contribution >= 0.6 is 0 Å². The Hall–Kier alpha value is -2.72. The molecular weight excluding hydrogens is 320 g/mol. The molecule has 0 saturated carbocycles. The van der Waals surface area contributed by atoms with Crippen LogP contribution in [0.5, 0.6) is 5.75 Å². The summed E-state index contributed by atoms with van der Waals surface area (Å²) in [6.45, 7) is 0. The number of nitro groups is 1. The Morgan fingerprint density at radius 1 is 1.00 bits per heavy atom. The molecule has 2 aromatic carbocycles. The number of hydrogen-bond donors (Lipinski definition) is 4. The number of benzene rings is 2. The van der Waals surface area contributed by atoms with Crippen LogP contribution < -0.4 is 15.7 Å². The molecule has 122 valence electrons. The molecule has 0 aliphatic rings. The fourth-order valence-corrected chi connectivity index (χ4v) is 1.91. The summed E-state index contributed by atoms with van der Waals surface area (Å²) >= 11 is 0. The summed E-state index contributed by atoms with van der Waals surface area (Å²) in [5.41, 5.74) is -0.921. The molecule has 0 aliphatic carbocycles. The van der Waals surface area contributed by atoms with Gasteiger partial charge in [-0.05, 0) is 29.1 Å². The monoisotopic (exact) mass is 331 g/mol. The van der Waals surface area contributed by atoms with E-state index in [1.807, 2.05) is 0 Å². The van der Waals surface area contributed by atoms with Crippen LogP contribution in [0.3, 0.4) is 0 Å². The lowest BCUT2D eigenvalue weighted by Gasteiger charge is -2.08. The summed E-state index contributed by atoms with van der Waals surface area (Å²) in [7, 11) is -3.75. The average Bonchev–Trinajstić information content (AvgIpc) is 2.54. The standard InChI is InChI=1S/C13H11B2NO8/c17-13(24-12-3-1-2-9(7-12)14(18)19)8-4-10(15(20)21)6-11(5-8)16(22)23/h1-7,18-21H. The largest absolute Gasteiger partial charge is 0.488 e. The van der Waals surface area contributed by atoms with Crippen LogP contribution in [-0.2, 0) is 0 Å². The number of ether oxygens (including phenoxy) is 1. The van der Waals surface area contributed by atoms with Crippen LogP contribution in [0, 0.1) is 10.1 Å². The first-order chi connectivity index (χ1) is 11.3. The van der Waals surface area contributed by atoms with Gasteiger partial charge in [0.2, 0.25) is 0 Å². The molecule has 11 heteroatoms. The molecule has 0 amide bonds. The van der Waals surface area contributed by atoms with Gasteiger partial charge in [-0.3, -0.25) is 10.1 Å². The number of nitro benzene ring substituents is 1. The van der Waals surface area contributed by atoms with E-state index in [2.05, 4.69) is 0 Å². The Kier molecular flexibility index (Phi) is 5.31. The van der Waals surface area contributed by atoms with Crippen molar-refractivity contribution in [3.63, 3.8) is 0 Å². The van der Waals surface area contributed by atoms with Crippen LogP contribution in [-0.4, -0.2) is 45.2 Å². The smallest absolute Gasteiger partial charge is 0.423 e. The SMILES string of the molecule is O=C(Oc1cccc(B(O)O)c1)c1cc(B(O)O)cc([N+](=O)[O-])c1. The molecule has 0 fully saturated rings. The minimum Gasteiger partial charge on any atom is -0.423 e. The molecule has 2 rings (SSSR count). The lowest BCUT2D eigenvalue weighted by Crippen LogP contribution is -2.31. The van der Waals surface area contributed by atoms with Crippen molar-refractivity contribution in [3.8, 4) is 5.75 Å². The minimum absolute atomic E-state index is 0.0109. The molecule has 0 unspecified atom stereocenters. The minimum atomic E-state index is -2.00. The highest BCUT2D eigenvalue weighted by atomic mass is 16.6. The Bertz CT molecular complexity index is 780. The molecule has 9 nitrogen and oxygen atoms in total. The lowest BCUT2D eigenvalue weighted by atomic mass is 9.79. The zero-order chi connectivity index (χ0) is 17.9. The van der Waals surface area contributed by atoms with Gasteiger partial charge in [0.1, 0.15) is 5.75 Å². The number of hydrogen-bond acceptors (Lipinski definition) is 8. The fourth-order valence-electron chi connectivity index (χ4n) is 1.91. The fraction of sp³-hybridized carbons (Fsp3) is 0. The molecule has 0 radical (unpaired) electrons. The van der Waals surface area contributed by atoms with Crippen molar-refractivity contribution in [1.82, 2.24) is 0 Å². The number of nitrogens with zero attached hydrogens (tertiary/aromatic N) is 1. The van der Waals surface area contributed by atoms with Gasteiger partial charge in [0.15, 0.2) is 0 Å². The highest BCUT2D eigenvalue weighted by molar-refractivity contribution is 6.59. The second kappa shape index (κ2) is 7.23. The van der Waals surface area contributed by atoms with Crippen molar-refractivity contribution in [2.45, 2.75) is 0 Å². The number of carbonyl (C=O) groups is 1. The molecule has 4 N–H and O–H groups in total. The van der Waals surface area contributed by atoms with E-state index in [9.17, 15) is 14.9 Å². The van der Waals surface area contributed by atoms with Gasteiger partial charge in [-0.25, -0.2) is 4.79 Å². The first kappa shape index (κ1) is 17.6. The number of carbonyl (C=O) groups excluding carboxylic acids is 1. The molecule has 24 heavy (non-hydrogen) atoms. The van der Waals surface area contributed by atoms with E-state index in [1.165, 1.54) is 24.3 Å². The van der Waals surface area contributed by atoms with E-state index >= 15 is 0 Å². The Morgan fingerprint density at radius 2 is 1.67 bits per heavy atom. The third-order valence-corrected chi connectivity index (χ3v) is 3.05. The quantitative estimate of drug-likeness (QED) is 0.164. The summed E-state index contributed by atoms with van der Waals surface area (Å²) in [6, 6.07) is 8.31. The van der Waals surface area contributed by atoms with Crippen molar-refractivity contribution < 1.29 is 34.6 Å². The molecule has 0 atom stereocenters. The first-order valence-corrected chi connectivity index (χ1v) is 6.61. The highest BCUT2D eigenvalue weighted by Crippen LogP contribution is 2.15. The van der Waals surface area contributed by atoms with Crippen LogP contribution in [0.1, 0.15) is 10.4 Å². The number of esters is 1. The molecular formula is C13H11B2NO8. The topological polar surface area (TPSA) is 150 Å². The first-order valence-electron chi connectivity index (χ1n) is 6.61. The van der Waals surface area contributed by atoms with Crippen molar-refractivity contribution >= 4 is 36.8 Å². The molecule has 0 heterocycles. The third kappa shape index (κ3) is 4.18. The summed E-state index contributed by atoms with van der Waals surface area (Å²) in [6.07, 6.45) is 0. The lowest BCUT2D eigenvalue weighted by molar-refractivity contribution is -0.384. The molecule has 0 aromatic heterocycles. The maximum Gasteiger partial charge on any atom is 0.488 e. The van der Waals surface area contributed by atoms with Gasteiger partial charge in [-0.2, -0.15) is 0 Å². The number of rotatable bonds is 5. The van der Waals surface area contributed by atoms with Gasteiger partial charge < -0.3 is 24.8 Å². The summed E-state index contributed by atoms with van der Waals surface area (Å²) in [5, 5.41) is 47.3. The Labute approximate surface area is 136 Å². The van der Waals surface area contributed by atoms with Crippen molar-refractivity contribution in [2.24, 2.45) is 0 Å². The average molecular weight is 331 g/mol. The molecule has 2 aromatic rings. The van der Waals surface area contributed by atoms with Gasteiger partial charge in [-0.15, -0.1) is 0 Å². The van der Waals surface area contributed by atoms with Crippen molar-refractivity contribution in [3.05, 3.63) is 58.1 Å². The molecule has 0 aliphatic heterocycles. The predicted molar refractivity (Wildman–Crippen MR) is 84.1 cm³/mol. The van der Waals surface area contributed by atoms with Crippen LogP contribution in [0.2, 0.25) is 0 Å². The van der Waals surface area contributed by atoms with Gasteiger partial charge >= 0.3 is 20.2 Å². The molecule has 0 saturated heterocycles. The zero-order valence-corrected chi connectivity index (χ0v) is 12.1. The van der Waals surface area contributed by atoms with Crippen molar-refractivity contribution in [1.29, 1.82) is 0 Å². The van der Waals surface area contributed by atoms with E-state index in [0.717, 1.165) is 18.2 Å². The zero-order valence-electron chi connectivity index (χ0n) is 12.1. The van der Waals surface area contributed by atoms with Gasteiger partial charge in [0.25, 0.3) is 5.69 Å². The summed E-state index contributed by atoms with van der Waals surface area (Å²) in [5.74, 6) is -0.992. The Balaban J connectivity index is 2.32. The normalized spacial score (nSPS) is 10.2. The van der Waals surface area contributed by atoms with E-state index in [1.54, 1.807) is 0 Å². The second-order valence-corrected chi connectivity index (χ2v) is 4.78. The maximum absolute atomic E-state index is 12.1. The second-order valence-electron chi connectivity index (χ2n) is 4.78. The Morgan fingerprint density at radius 3 is 2.25 bits per heavy atom. The molecule has 0 bridgehead atoms. The third-order valence-electron chi connectivity index (χ3n) is 3.05. The van der Waals surface area contributed by atoms with Crippen LogP contribution in [0.4, 0.5) is 5.69 Å². The summed E-state index contributed by atoms with van der Waals surface area (Å²) < 4.78 is 5.01.